The fraction of sp³-hybridized carbons (Fsp3) is 0.786. The van der Waals surface area contributed by atoms with Crippen LogP contribution in [0.3, 0.4) is 0 Å². The number of anilines is 1. The molecule has 1 N–H and O–H groups in total. The molecule has 4 fully saturated rings. The second-order valence-electron chi connectivity index (χ2n) is 7.09. The van der Waals surface area contributed by atoms with E-state index in [1.807, 2.05) is 5.32 Å². The average Bonchev–Trinajstić information content (AvgIpc) is 2.84. The Morgan fingerprint density at radius 2 is 1.73 bits per heavy atom. The number of rotatable bonds is 2. The maximum atomic E-state index is 12.5. The number of halogens is 3. The molecule has 1 amide bonds. The van der Waals surface area contributed by atoms with Crippen molar-refractivity contribution < 1.29 is 18.0 Å². The number of hydrogen-bond donors (Lipinski definition) is 1. The molecular formula is C14H17F3N4O. The lowest BCUT2D eigenvalue weighted by molar-refractivity contribution is -0.167. The van der Waals surface area contributed by atoms with Crippen LogP contribution in [0.2, 0.25) is 0 Å². The lowest BCUT2D eigenvalue weighted by Gasteiger charge is -2.56. The first-order valence-corrected chi connectivity index (χ1v) is 7.64. The maximum absolute atomic E-state index is 12.5. The topological polar surface area (TPSA) is 59.8 Å². The Morgan fingerprint density at radius 3 is 2.23 bits per heavy atom. The molecule has 1 heterocycles. The normalized spacial score (nSPS) is 36.6. The number of nitrogens with one attached hydrogen (secondary N) is 1. The van der Waals surface area contributed by atoms with Gasteiger partial charge in [-0.2, -0.15) is 23.3 Å². The second kappa shape index (κ2) is 4.45. The molecule has 0 radical (unpaired) electrons. The Hall–Kier alpha value is -1.60. The van der Waals surface area contributed by atoms with Gasteiger partial charge in [0.2, 0.25) is 5.95 Å². The SMILES string of the molecule is O=C(Nc1ncnn1C12CC3CC(CC(C3)C1)C2)C(F)(F)F. The van der Waals surface area contributed by atoms with Gasteiger partial charge >= 0.3 is 12.1 Å². The Kier molecular flexibility index (Phi) is 2.84. The number of aromatic nitrogens is 3. The number of amides is 1. The van der Waals surface area contributed by atoms with E-state index in [0.717, 1.165) is 19.3 Å². The van der Waals surface area contributed by atoms with Gasteiger partial charge in [0, 0.05) is 0 Å². The molecule has 0 aliphatic heterocycles. The molecule has 0 aromatic carbocycles. The zero-order valence-electron chi connectivity index (χ0n) is 11.9. The van der Waals surface area contributed by atoms with Gasteiger partial charge in [0.1, 0.15) is 6.33 Å². The maximum Gasteiger partial charge on any atom is 0.471 e. The van der Waals surface area contributed by atoms with Crippen molar-refractivity contribution in [2.24, 2.45) is 17.8 Å². The third kappa shape index (κ3) is 2.11. The van der Waals surface area contributed by atoms with Crippen LogP contribution in [0.1, 0.15) is 38.5 Å². The van der Waals surface area contributed by atoms with Crippen LogP contribution in [0.25, 0.3) is 0 Å². The minimum atomic E-state index is -4.92. The lowest BCUT2D eigenvalue weighted by atomic mass is 9.53. The number of alkyl halides is 3. The molecule has 0 atom stereocenters. The van der Waals surface area contributed by atoms with E-state index in [1.54, 1.807) is 4.68 Å². The molecular weight excluding hydrogens is 297 g/mol. The number of hydrogen-bond acceptors (Lipinski definition) is 3. The van der Waals surface area contributed by atoms with E-state index in [4.69, 9.17) is 0 Å². The summed E-state index contributed by atoms with van der Waals surface area (Å²) in [4.78, 5) is 15.0. The summed E-state index contributed by atoms with van der Waals surface area (Å²) in [7, 11) is 0. The minimum absolute atomic E-state index is 0.0794. The largest absolute Gasteiger partial charge is 0.471 e. The molecule has 4 bridgehead atoms. The van der Waals surface area contributed by atoms with Crippen LogP contribution in [0.4, 0.5) is 19.1 Å². The Bertz CT molecular complexity index is 574. The highest BCUT2D eigenvalue weighted by molar-refractivity contribution is 5.93. The van der Waals surface area contributed by atoms with Gasteiger partial charge in [0.25, 0.3) is 0 Å². The summed E-state index contributed by atoms with van der Waals surface area (Å²) < 4.78 is 39.0. The lowest BCUT2D eigenvalue weighted by Crippen LogP contribution is -2.52. The van der Waals surface area contributed by atoms with Crippen LogP contribution in [0.15, 0.2) is 6.33 Å². The van der Waals surface area contributed by atoms with Gasteiger partial charge < -0.3 is 0 Å². The van der Waals surface area contributed by atoms with Crippen molar-refractivity contribution in [3.63, 3.8) is 0 Å². The van der Waals surface area contributed by atoms with Crippen LogP contribution in [0.5, 0.6) is 0 Å². The summed E-state index contributed by atoms with van der Waals surface area (Å²) in [5, 5.41) is 6.05. The third-order valence-corrected chi connectivity index (χ3v) is 5.49. The molecule has 5 nitrogen and oxygen atoms in total. The number of nitrogens with zero attached hydrogens (tertiary/aromatic N) is 3. The van der Waals surface area contributed by atoms with E-state index in [9.17, 15) is 18.0 Å². The fourth-order valence-electron chi connectivity index (χ4n) is 5.17. The molecule has 4 saturated carbocycles. The molecule has 8 heteroatoms. The summed E-state index contributed by atoms with van der Waals surface area (Å²) in [5.41, 5.74) is -0.264. The van der Waals surface area contributed by atoms with E-state index in [2.05, 4.69) is 10.1 Å². The molecule has 4 aliphatic rings. The predicted octanol–water partition coefficient (Wildman–Crippen LogP) is 2.70. The molecule has 1 aromatic heterocycles. The molecule has 0 spiro atoms. The molecule has 0 saturated heterocycles. The zero-order valence-corrected chi connectivity index (χ0v) is 11.9. The summed E-state index contributed by atoms with van der Waals surface area (Å²) in [5.74, 6) is -0.194. The molecule has 1 aromatic rings. The van der Waals surface area contributed by atoms with Crippen molar-refractivity contribution in [1.82, 2.24) is 14.8 Å². The van der Waals surface area contributed by atoms with Crippen LogP contribution >= 0.6 is 0 Å². The molecule has 0 unspecified atom stereocenters. The van der Waals surface area contributed by atoms with E-state index in [0.29, 0.717) is 17.8 Å². The first-order valence-electron chi connectivity index (χ1n) is 7.64. The van der Waals surface area contributed by atoms with Crippen LogP contribution in [-0.4, -0.2) is 26.8 Å². The highest BCUT2D eigenvalue weighted by atomic mass is 19.4. The Labute approximate surface area is 125 Å². The van der Waals surface area contributed by atoms with Gasteiger partial charge in [-0.1, -0.05) is 0 Å². The van der Waals surface area contributed by atoms with Crippen molar-refractivity contribution >= 4 is 11.9 Å². The molecule has 120 valence electrons. The predicted molar refractivity (Wildman–Crippen MR) is 70.9 cm³/mol. The van der Waals surface area contributed by atoms with Crippen molar-refractivity contribution in [2.45, 2.75) is 50.2 Å². The average molecular weight is 314 g/mol. The van der Waals surface area contributed by atoms with Gasteiger partial charge in [0.15, 0.2) is 0 Å². The number of carbonyl (C=O) groups excluding carboxylic acids is 1. The van der Waals surface area contributed by atoms with E-state index < -0.39 is 12.1 Å². The van der Waals surface area contributed by atoms with E-state index in [-0.39, 0.29) is 11.5 Å². The first kappa shape index (κ1) is 14.0. The summed E-state index contributed by atoms with van der Waals surface area (Å²) >= 11 is 0. The van der Waals surface area contributed by atoms with E-state index in [1.165, 1.54) is 25.6 Å². The van der Waals surface area contributed by atoms with Gasteiger partial charge in [-0.15, -0.1) is 0 Å². The molecule has 22 heavy (non-hydrogen) atoms. The van der Waals surface area contributed by atoms with Gasteiger partial charge in [-0.25, -0.2) is 4.68 Å². The molecule has 5 rings (SSSR count). The van der Waals surface area contributed by atoms with Gasteiger partial charge in [0.05, 0.1) is 5.54 Å². The second-order valence-corrected chi connectivity index (χ2v) is 7.09. The smallest absolute Gasteiger partial charge is 0.287 e. The summed E-state index contributed by atoms with van der Waals surface area (Å²) in [6.45, 7) is 0. The fourth-order valence-corrected chi connectivity index (χ4v) is 5.17. The third-order valence-electron chi connectivity index (χ3n) is 5.49. The summed E-state index contributed by atoms with van der Waals surface area (Å²) in [6.07, 6.45) is 2.75. The van der Waals surface area contributed by atoms with Gasteiger partial charge in [-0.05, 0) is 56.3 Å². The monoisotopic (exact) mass is 314 g/mol. The minimum Gasteiger partial charge on any atom is -0.287 e. The first-order chi connectivity index (χ1) is 10.4. The summed E-state index contributed by atoms with van der Waals surface area (Å²) in [6, 6.07) is 0. The van der Waals surface area contributed by atoms with E-state index >= 15 is 0 Å². The highest BCUT2D eigenvalue weighted by Crippen LogP contribution is 2.59. The van der Waals surface area contributed by atoms with Crippen molar-refractivity contribution in [3.05, 3.63) is 6.33 Å². The highest BCUT2D eigenvalue weighted by Gasteiger charge is 2.53. The van der Waals surface area contributed by atoms with Crippen LogP contribution < -0.4 is 5.32 Å². The van der Waals surface area contributed by atoms with Crippen molar-refractivity contribution in [2.75, 3.05) is 5.32 Å². The Morgan fingerprint density at radius 1 is 1.18 bits per heavy atom. The van der Waals surface area contributed by atoms with Gasteiger partial charge in [-0.3, -0.25) is 10.1 Å². The number of carbonyl (C=O) groups is 1. The zero-order chi connectivity index (χ0) is 15.5. The van der Waals surface area contributed by atoms with Crippen LogP contribution in [0, 0.1) is 17.8 Å². The van der Waals surface area contributed by atoms with Crippen molar-refractivity contribution in [3.8, 4) is 0 Å². The standard InChI is InChI=1S/C14H17F3N4O/c15-14(16,17)11(22)20-12-18-7-19-21(12)13-4-8-1-9(5-13)3-10(2-8)6-13/h7-10H,1-6H2,(H,18,19,20,22). The van der Waals surface area contributed by atoms with Crippen molar-refractivity contribution in [1.29, 1.82) is 0 Å². The molecule has 4 aliphatic carbocycles. The Balaban J connectivity index is 1.64. The quantitative estimate of drug-likeness (QED) is 0.913. The van der Waals surface area contributed by atoms with Crippen LogP contribution in [-0.2, 0) is 10.3 Å².